The number of hydrogen-bond donors (Lipinski definition) is 1. The Bertz CT molecular complexity index is 618. The number of rotatable bonds is 1. The van der Waals surface area contributed by atoms with Crippen molar-refractivity contribution in [1.29, 1.82) is 0 Å². The Hall–Kier alpha value is -2.05. The Balaban J connectivity index is 1.99. The molecule has 0 atom stereocenters. The Morgan fingerprint density at radius 1 is 1.29 bits per heavy atom. The van der Waals surface area contributed by atoms with Crippen LogP contribution in [0.4, 0.5) is 4.79 Å². The van der Waals surface area contributed by atoms with E-state index in [-0.39, 0.29) is 12.1 Å². The Kier molecular flexibility index (Phi) is 4.20. The van der Waals surface area contributed by atoms with E-state index in [1.54, 1.807) is 4.90 Å². The van der Waals surface area contributed by atoms with Gasteiger partial charge in [0.25, 0.3) is 5.56 Å². The molecule has 1 aromatic heterocycles. The van der Waals surface area contributed by atoms with E-state index in [0.29, 0.717) is 25.9 Å². The summed E-state index contributed by atoms with van der Waals surface area (Å²) >= 11 is 0. The van der Waals surface area contributed by atoms with Crippen LogP contribution in [0.25, 0.3) is 0 Å². The molecule has 0 aromatic carbocycles. The van der Waals surface area contributed by atoms with Gasteiger partial charge in [0.1, 0.15) is 5.60 Å². The molecule has 0 unspecified atom stereocenters. The van der Waals surface area contributed by atoms with Crippen molar-refractivity contribution in [1.82, 2.24) is 14.5 Å². The van der Waals surface area contributed by atoms with Crippen LogP contribution in [-0.2, 0) is 4.74 Å². The van der Waals surface area contributed by atoms with Crippen molar-refractivity contribution in [3.05, 3.63) is 33.1 Å². The highest BCUT2D eigenvalue weighted by atomic mass is 16.6. The fourth-order valence-electron chi connectivity index (χ4n) is 2.37. The lowest BCUT2D eigenvalue weighted by atomic mass is 10.1. The number of ether oxygens (including phenoxy) is 1. The fourth-order valence-corrected chi connectivity index (χ4v) is 2.37. The minimum absolute atomic E-state index is 0.00645. The van der Waals surface area contributed by atoms with Crippen LogP contribution < -0.4 is 11.2 Å². The van der Waals surface area contributed by atoms with Gasteiger partial charge in [-0.3, -0.25) is 14.3 Å². The van der Waals surface area contributed by atoms with Gasteiger partial charge in [-0.15, -0.1) is 0 Å². The van der Waals surface area contributed by atoms with Crippen LogP contribution in [-0.4, -0.2) is 39.2 Å². The third kappa shape index (κ3) is 3.96. The summed E-state index contributed by atoms with van der Waals surface area (Å²) in [5.41, 5.74) is -1.32. The Morgan fingerprint density at radius 3 is 2.43 bits per heavy atom. The standard InChI is InChI=1S/C14H21N3O4/c1-14(2,3)21-13(20)16-7-4-10(5-8-16)17-9-6-11(18)15-12(17)19/h6,9-10H,4-5,7-8H2,1-3H3,(H,15,18,19). The van der Waals surface area contributed by atoms with E-state index in [4.69, 9.17) is 4.74 Å². The number of nitrogens with zero attached hydrogens (tertiary/aromatic N) is 2. The van der Waals surface area contributed by atoms with E-state index < -0.39 is 16.9 Å². The van der Waals surface area contributed by atoms with E-state index in [2.05, 4.69) is 4.98 Å². The van der Waals surface area contributed by atoms with Gasteiger partial charge in [0, 0.05) is 31.4 Å². The van der Waals surface area contributed by atoms with Gasteiger partial charge in [-0.05, 0) is 33.6 Å². The number of amides is 1. The van der Waals surface area contributed by atoms with Gasteiger partial charge in [0.2, 0.25) is 0 Å². The lowest BCUT2D eigenvalue weighted by molar-refractivity contribution is 0.0187. The maximum Gasteiger partial charge on any atom is 0.410 e. The average molecular weight is 295 g/mol. The SMILES string of the molecule is CC(C)(C)OC(=O)N1CCC(n2ccc(=O)[nH]c2=O)CC1. The Labute approximate surface area is 122 Å². The van der Waals surface area contributed by atoms with Crippen LogP contribution in [0.3, 0.4) is 0 Å². The maximum absolute atomic E-state index is 12.0. The smallest absolute Gasteiger partial charge is 0.410 e. The molecule has 1 N–H and O–H groups in total. The number of H-pyrrole nitrogens is 1. The predicted octanol–water partition coefficient (Wildman–Crippen LogP) is 1.11. The van der Waals surface area contributed by atoms with Crippen LogP contribution in [0.2, 0.25) is 0 Å². The van der Waals surface area contributed by atoms with E-state index in [0.717, 1.165) is 0 Å². The highest BCUT2D eigenvalue weighted by Crippen LogP contribution is 2.22. The molecule has 0 aliphatic carbocycles. The molecular formula is C14H21N3O4. The summed E-state index contributed by atoms with van der Waals surface area (Å²) in [6, 6.07) is 1.33. The molecular weight excluding hydrogens is 274 g/mol. The minimum Gasteiger partial charge on any atom is -0.444 e. The molecule has 0 radical (unpaired) electrons. The molecule has 1 fully saturated rings. The molecule has 1 amide bonds. The van der Waals surface area contributed by atoms with Crippen LogP contribution in [0.1, 0.15) is 39.7 Å². The summed E-state index contributed by atoms with van der Waals surface area (Å²) in [5, 5.41) is 0. The van der Waals surface area contributed by atoms with Gasteiger partial charge < -0.3 is 9.64 Å². The molecule has 1 aliphatic rings. The molecule has 0 saturated carbocycles. The quantitative estimate of drug-likeness (QED) is 0.841. The molecule has 0 spiro atoms. The van der Waals surface area contributed by atoms with Crippen LogP contribution in [0, 0.1) is 0 Å². The van der Waals surface area contributed by atoms with Crippen molar-refractivity contribution in [2.75, 3.05) is 13.1 Å². The van der Waals surface area contributed by atoms with Gasteiger partial charge in [-0.2, -0.15) is 0 Å². The zero-order valence-corrected chi connectivity index (χ0v) is 12.6. The monoisotopic (exact) mass is 295 g/mol. The molecule has 116 valence electrons. The molecule has 0 bridgehead atoms. The fraction of sp³-hybridized carbons (Fsp3) is 0.643. The average Bonchev–Trinajstić information content (AvgIpc) is 2.37. The van der Waals surface area contributed by atoms with Crippen molar-refractivity contribution in [3.8, 4) is 0 Å². The lowest BCUT2D eigenvalue weighted by Gasteiger charge is -2.33. The van der Waals surface area contributed by atoms with Crippen LogP contribution in [0.15, 0.2) is 21.9 Å². The van der Waals surface area contributed by atoms with Crippen molar-refractivity contribution < 1.29 is 9.53 Å². The number of hydrogen-bond acceptors (Lipinski definition) is 4. The van der Waals surface area contributed by atoms with Crippen molar-refractivity contribution in [2.24, 2.45) is 0 Å². The van der Waals surface area contributed by atoms with Gasteiger partial charge in [-0.1, -0.05) is 0 Å². The molecule has 7 nitrogen and oxygen atoms in total. The third-order valence-electron chi connectivity index (χ3n) is 3.36. The first-order chi connectivity index (χ1) is 9.76. The minimum atomic E-state index is -0.510. The molecule has 1 saturated heterocycles. The number of aromatic nitrogens is 2. The van der Waals surface area contributed by atoms with E-state index >= 15 is 0 Å². The molecule has 7 heteroatoms. The summed E-state index contributed by atoms with van der Waals surface area (Å²) in [5.74, 6) is 0. The number of carbonyl (C=O) groups excluding carboxylic acids is 1. The van der Waals surface area contributed by atoms with Gasteiger partial charge >= 0.3 is 11.8 Å². The second-order valence-corrected chi connectivity index (χ2v) is 6.22. The van der Waals surface area contributed by atoms with E-state index in [9.17, 15) is 14.4 Å². The van der Waals surface area contributed by atoms with Crippen LogP contribution >= 0.6 is 0 Å². The summed E-state index contributed by atoms with van der Waals surface area (Å²) in [6.07, 6.45) is 2.50. The largest absolute Gasteiger partial charge is 0.444 e. The number of aromatic amines is 1. The van der Waals surface area contributed by atoms with E-state index in [1.807, 2.05) is 20.8 Å². The topological polar surface area (TPSA) is 84.4 Å². The highest BCUT2D eigenvalue weighted by Gasteiger charge is 2.27. The Morgan fingerprint density at radius 2 is 1.90 bits per heavy atom. The molecule has 1 aromatic rings. The van der Waals surface area contributed by atoms with Crippen molar-refractivity contribution in [2.45, 2.75) is 45.3 Å². The molecule has 2 rings (SSSR count). The lowest BCUT2D eigenvalue weighted by Crippen LogP contribution is -2.43. The first-order valence-corrected chi connectivity index (χ1v) is 7.06. The summed E-state index contributed by atoms with van der Waals surface area (Å²) < 4.78 is 6.85. The first kappa shape index (κ1) is 15.3. The maximum atomic E-state index is 12.0. The predicted molar refractivity (Wildman–Crippen MR) is 77.4 cm³/mol. The number of likely N-dealkylation sites (tertiary alicyclic amines) is 1. The highest BCUT2D eigenvalue weighted by molar-refractivity contribution is 5.68. The zero-order chi connectivity index (χ0) is 15.6. The number of carbonyl (C=O) groups is 1. The van der Waals surface area contributed by atoms with E-state index in [1.165, 1.54) is 16.8 Å². The normalized spacial score (nSPS) is 16.8. The first-order valence-electron chi connectivity index (χ1n) is 7.06. The van der Waals surface area contributed by atoms with Crippen LogP contribution in [0.5, 0.6) is 0 Å². The number of nitrogens with one attached hydrogen (secondary N) is 1. The number of piperidine rings is 1. The van der Waals surface area contributed by atoms with Gasteiger partial charge in [-0.25, -0.2) is 9.59 Å². The molecule has 1 aliphatic heterocycles. The third-order valence-corrected chi connectivity index (χ3v) is 3.36. The summed E-state index contributed by atoms with van der Waals surface area (Å²) in [4.78, 5) is 38.7. The molecule has 21 heavy (non-hydrogen) atoms. The summed E-state index contributed by atoms with van der Waals surface area (Å²) in [6.45, 7) is 6.56. The zero-order valence-electron chi connectivity index (χ0n) is 12.6. The van der Waals surface area contributed by atoms with Crippen molar-refractivity contribution in [3.63, 3.8) is 0 Å². The second kappa shape index (κ2) is 5.75. The van der Waals surface area contributed by atoms with Crippen molar-refractivity contribution >= 4 is 6.09 Å². The van der Waals surface area contributed by atoms with Gasteiger partial charge in [0.15, 0.2) is 0 Å². The molecule has 2 heterocycles. The second-order valence-electron chi connectivity index (χ2n) is 6.22. The summed E-state index contributed by atoms with van der Waals surface area (Å²) in [7, 11) is 0. The van der Waals surface area contributed by atoms with Gasteiger partial charge in [0.05, 0.1) is 0 Å².